The van der Waals surface area contributed by atoms with Gasteiger partial charge in [0.1, 0.15) is 5.75 Å². The number of piperidine rings is 1. The van der Waals surface area contributed by atoms with Crippen LogP contribution in [0.25, 0.3) is 0 Å². The largest absolute Gasteiger partial charge is 0.483 e. The summed E-state index contributed by atoms with van der Waals surface area (Å²) in [6.45, 7) is 4.31. The highest BCUT2D eigenvalue weighted by atomic mass is 16.5. The second-order valence-electron chi connectivity index (χ2n) is 5.03. The van der Waals surface area contributed by atoms with Gasteiger partial charge in [0.25, 0.3) is 5.91 Å². The van der Waals surface area contributed by atoms with Crippen LogP contribution in [0, 0.1) is 6.92 Å². The normalized spacial score (nSPS) is 15.4. The van der Waals surface area contributed by atoms with Gasteiger partial charge in [-0.2, -0.15) is 0 Å². The highest BCUT2D eigenvalue weighted by molar-refractivity contribution is 5.77. The fourth-order valence-corrected chi connectivity index (χ4v) is 2.30. The first-order valence-corrected chi connectivity index (χ1v) is 6.91. The minimum absolute atomic E-state index is 0.0808. The smallest absolute Gasteiger partial charge is 0.260 e. The number of hydrogen-bond donors (Lipinski definition) is 1. The second kappa shape index (κ2) is 6.57. The van der Waals surface area contributed by atoms with E-state index in [1.807, 2.05) is 30.0 Å². The van der Waals surface area contributed by atoms with E-state index in [-0.39, 0.29) is 12.5 Å². The molecule has 0 saturated carbocycles. The lowest BCUT2D eigenvalue weighted by Gasteiger charge is -2.26. The van der Waals surface area contributed by atoms with Gasteiger partial charge in [0.15, 0.2) is 6.61 Å². The Hall–Kier alpha value is -1.55. The van der Waals surface area contributed by atoms with E-state index in [1.165, 1.54) is 6.42 Å². The van der Waals surface area contributed by atoms with Gasteiger partial charge in [0, 0.05) is 19.6 Å². The Morgan fingerprint density at radius 3 is 2.74 bits per heavy atom. The maximum absolute atomic E-state index is 12.0. The van der Waals surface area contributed by atoms with Crippen LogP contribution in [-0.4, -0.2) is 30.5 Å². The molecule has 2 rings (SSSR count). The number of nitrogens with two attached hydrogens (primary N) is 1. The zero-order chi connectivity index (χ0) is 13.7. The van der Waals surface area contributed by atoms with E-state index in [1.54, 1.807) is 0 Å². The minimum atomic E-state index is 0.0808. The SMILES string of the molecule is Cc1ccc(CN)cc1OCC(=O)N1CCCCC1. The molecule has 0 spiro atoms. The molecule has 4 heteroatoms. The maximum Gasteiger partial charge on any atom is 0.260 e. The van der Waals surface area contributed by atoms with Crippen LogP contribution in [0.3, 0.4) is 0 Å². The van der Waals surface area contributed by atoms with Gasteiger partial charge in [-0.1, -0.05) is 12.1 Å². The van der Waals surface area contributed by atoms with Crippen molar-refractivity contribution in [2.75, 3.05) is 19.7 Å². The van der Waals surface area contributed by atoms with Crippen molar-refractivity contribution >= 4 is 5.91 Å². The number of nitrogens with zero attached hydrogens (tertiary/aromatic N) is 1. The molecule has 0 unspecified atom stereocenters. The quantitative estimate of drug-likeness (QED) is 0.901. The van der Waals surface area contributed by atoms with Gasteiger partial charge in [0.05, 0.1) is 0 Å². The summed E-state index contributed by atoms with van der Waals surface area (Å²) in [5.41, 5.74) is 7.66. The number of carbonyl (C=O) groups excluding carboxylic acids is 1. The Kier molecular flexibility index (Phi) is 4.80. The number of rotatable bonds is 4. The van der Waals surface area contributed by atoms with Crippen molar-refractivity contribution in [1.29, 1.82) is 0 Å². The van der Waals surface area contributed by atoms with Gasteiger partial charge >= 0.3 is 0 Å². The van der Waals surface area contributed by atoms with Crippen LogP contribution < -0.4 is 10.5 Å². The molecule has 0 bridgehead atoms. The summed E-state index contributed by atoms with van der Waals surface area (Å²) in [6.07, 6.45) is 3.43. The third kappa shape index (κ3) is 3.70. The van der Waals surface area contributed by atoms with Crippen LogP contribution in [0.15, 0.2) is 18.2 Å². The minimum Gasteiger partial charge on any atom is -0.483 e. The van der Waals surface area contributed by atoms with Gasteiger partial charge in [-0.3, -0.25) is 4.79 Å². The van der Waals surface area contributed by atoms with Crippen LogP contribution in [0.5, 0.6) is 5.75 Å². The van der Waals surface area contributed by atoms with Crippen LogP contribution in [0.1, 0.15) is 30.4 Å². The highest BCUT2D eigenvalue weighted by Gasteiger charge is 2.17. The summed E-state index contributed by atoms with van der Waals surface area (Å²) in [5.74, 6) is 0.838. The lowest BCUT2D eigenvalue weighted by atomic mass is 10.1. The fraction of sp³-hybridized carbons (Fsp3) is 0.533. The van der Waals surface area contributed by atoms with Gasteiger partial charge in [-0.05, 0) is 43.4 Å². The summed E-state index contributed by atoms with van der Waals surface area (Å²) in [5, 5.41) is 0. The Labute approximate surface area is 114 Å². The molecule has 0 aliphatic carbocycles. The summed E-state index contributed by atoms with van der Waals surface area (Å²) < 4.78 is 5.65. The van der Waals surface area contributed by atoms with Crippen molar-refractivity contribution in [2.45, 2.75) is 32.7 Å². The topological polar surface area (TPSA) is 55.6 Å². The molecule has 2 N–H and O–H groups in total. The van der Waals surface area contributed by atoms with Gasteiger partial charge in [0.2, 0.25) is 0 Å². The molecule has 1 saturated heterocycles. The lowest BCUT2D eigenvalue weighted by Crippen LogP contribution is -2.38. The number of ether oxygens (including phenoxy) is 1. The highest BCUT2D eigenvalue weighted by Crippen LogP contribution is 2.19. The number of likely N-dealkylation sites (tertiary alicyclic amines) is 1. The molecule has 19 heavy (non-hydrogen) atoms. The van der Waals surface area contributed by atoms with E-state index >= 15 is 0 Å². The zero-order valence-electron chi connectivity index (χ0n) is 11.5. The van der Waals surface area contributed by atoms with E-state index < -0.39 is 0 Å². The predicted octanol–water partition coefficient (Wildman–Crippen LogP) is 1.85. The Bertz CT molecular complexity index is 440. The second-order valence-corrected chi connectivity index (χ2v) is 5.03. The Morgan fingerprint density at radius 2 is 2.05 bits per heavy atom. The molecule has 0 radical (unpaired) electrons. The first-order chi connectivity index (χ1) is 9.20. The average molecular weight is 262 g/mol. The molecule has 1 heterocycles. The summed E-state index contributed by atoms with van der Waals surface area (Å²) in [4.78, 5) is 13.9. The molecule has 104 valence electrons. The average Bonchev–Trinajstić information content (AvgIpc) is 2.47. The van der Waals surface area contributed by atoms with E-state index in [9.17, 15) is 4.79 Å². The van der Waals surface area contributed by atoms with Crippen LogP contribution in [0.2, 0.25) is 0 Å². The molecular formula is C15H22N2O2. The van der Waals surface area contributed by atoms with Crippen molar-refractivity contribution < 1.29 is 9.53 Å². The van der Waals surface area contributed by atoms with E-state index in [2.05, 4.69) is 0 Å². The fourth-order valence-electron chi connectivity index (χ4n) is 2.30. The molecule has 1 aliphatic heterocycles. The molecule has 1 aliphatic rings. The number of amides is 1. The Morgan fingerprint density at radius 1 is 1.32 bits per heavy atom. The third-order valence-electron chi connectivity index (χ3n) is 3.55. The molecule has 0 atom stereocenters. The monoisotopic (exact) mass is 262 g/mol. The number of carbonyl (C=O) groups is 1. The molecule has 1 aromatic rings. The molecule has 0 aromatic heterocycles. The van der Waals surface area contributed by atoms with Crippen LogP contribution in [-0.2, 0) is 11.3 Å². The first kappa shape index (κ1) is 13.9. The number of benzene rings is 1. The van der Waals surface area contributed by atoms with Crippen molar-refractivity contribution in [3.05, 3.63) is 29.3 Å². The molecule has 4 nitrogen and oxygen atoms in total. The summed E-state index contributed by atoms with van der Waals surface area (Å²) >= 11 is 0. The zero-order valence-corrected chi connectivity index (χ0v) is 11.5. The molecular weight excluding hydrogens is 240 g/mol. The molecule has 1 amide bonds. The van der Waals surface area contributed by atoms with Crippen molar-refractivity contribution in [2.24, 2.45) is 5.73 Å². The van der Waals surface area contributed by atoms with Crippen molar-refractivity contribution in [3.8, 4) is 5.75 Å². The van der Waals surface area contributed by atoms with E-state index in [0.29, 0.717) is 6.54 Å². The number of hydrogen-bond acceptors (Lipinski definition) is 3. The van der Waals surface area contributed by atoms with Gasteiger partial charge in [-0.15, -0.1) is 0 Å². The van der Waals surface area contributed by atoms with Crippen LogP contribution in [0.4, 0.5) is 0 Å². The molecule has 1 aromatic carbocycles. The van der Waals surface area contributed by atoms with Crippen molar-refractivity contribution in [1.82, 2.24) is 4.90 Å². The summed E-state index contributed by atoms with van der Waals surface area (Å²) in [7, 11) is 0. The first-order valence-electron chi connectivity index (χ1n) is 6.91. The van der Waals surface area contributed by atoms with Crippen molar-refractivity contribution in [3.63, 3.8) is 0 Å². The maximum atomic E-state index is 12.0. The number of aryl methyl sites for hydroxylation is 1. The standard InChI is InChI=1S/C15H22N2O2/c1-12-5-6-13(10-16)9-14(12)19-11-15(18)17-7-3-2-4-8-17/h5-6,9H,2-4,7-8,10-11,16H2,1H3. The van der Waals surface area contributed by atoms with Gasteiger partial charge < -0.3 is 15.4 Å². The molecule has 1 fully saturated rings. The predicted molar refractivity (Wildman–Crippen MR) is 75.0 cm³/mol. The van der Waals surface area contributed by atoms with E-state index in [0.717, 1.165) is 42.8 Å². The third-order valence-corrected chi connectivity index (χ3v) is 3.55. The van der Waals surface area contributed by atoms with E-state index in [4.69, 9.17) is 10.5 Å². The lowest BCUT2D eigenvalue weighted by molar-refractivity contribution is -0.134. The summed E-state index contributed by atoms with van der Waals surface area (Å²) in [6, 6.07) is 5.87. The Balaban J connectivity index is 1.92. The van der Waals surface area contributed by atoms with Gasteiger partial charge in [-0.25, -0.2) is 0 Å². The van der Waals surface area contributed by atoms with Crippen LogP contribution >= 0.6 is 0 Å².